The fourth-order valence-electron chi connectivity index (χ4n) is 1.56. The third kappa shape index (κ3) is 2.36. The summed E-state index contributed by atoms with van der Waals surface area (Å²) in [6.07, 6.45) is 2.81. The minimum atomic E-state index is 0.898. The summed E-state index contributed by atoms with van der Waals surface area (Å²) in [6.45, 7) is 2.09. The highest BCUT2D eigenvalue weighted by Gasteiger charge is 2.05. The molecule has 2 aromatic rings. The van der Waals surface area contributed by atoms with Gasteiger partial charge >= 0.3 is 0 Å². The van der Waals surface area contributed by atoms with Crippen molar-refractivity contribution in [3.8, 4) is 5.75 Å². The molecule has 2 nitrogen and oxygen atoms in total. The zero-order valence-electron chi connectivity index (χ0n) is 8.86. The fourth-order valence-corrected chi connectivity index (χ4v) is 2.18. The highest BCUT2D eigenvalue weighted by molar-refractivity contribution is 7.09. The summed E-state index contributed by atoms with van der Waals surface area (Å²) in [7, 11) is 1.71. The van der Waals surface area contributed by atoms with Crippen molar-refractivity contribution in [2.24, 2.45) is 0 Å². The minimum Gasteiger partial charge on any atom is -0.496 e. The predicted octanol–water partition coefficient (Wildman–Crippen LogP) is 3.05. The van der Waals surface area contributed by atoms with Crippen molar-refractivity contribution in [2.75, 3.05) is 7.11 Å². The molecule has 1 aromatic heterocycles. The van der Waals surface area contributed by atoms with E-state index < -0.39 is 0 Å². The Morgan fingerprint density at radius 3 is 2.93 bits per heavy atom. The van der Waals surface area contributed by atoms with Gasteiger partial charge in [0.1, 0.15) is 5.75 Å². The molecule has 0 radical (unpaired) electrons. The Hall–Kier alpha value is -1.35. The van der Waals surface area contributed by atoms with Crippen molar-refractivity contribution in [3.05, 3.63) is 45.9 Å². The standard InChI is InChI=1S/C12H13NOS/c1-9-3-4-12(14-2)10(5-9)6-11-7-13-8-15-11/h3-5,7-8H,6H2,1-2H3. The number of aryl methyl sites for hydroxylation is 1. The summed E-state index contributed by atoms with van der Waals surface area (Å²) in [5, 5.41) is 0. The van der Waals surface area contributed by atoms with Crippen LogP contribution in [0.1, 0.15) is 16.0 Å². The van der Waals surface area contributed by atoms with Crippen LogP contribution in [0.15, 0.2) is 29.9 Å². The van der Waals surface area contributed by atoms with Gasteiger partial charge in [0.05, 0.1) is 12.6 Å². The maximum atomic E-state index is 5.33. The Balaban J connectivity index is 2.30. The van der Waals surface area contributed by atoms with Gasteiger partial charge in [-0.2, -0.15) is 0 Å². The summed E-state index contributed by atoms with van der Waals surface area (Å²) in [5.74, 6) is 0.953. The lowest BCUT2D eigenvalue weighted by atomic mass is 10.1. The van der Waals surface area contributed by atoms with Gasteiger partial charge in [-0.25, -0.2) is 0 Å². The summed E-state index contributed by atoms with van der Waals surface area (Å²) in [6, 6.07) is 6.25. The number of benzene rings is 1. The molecule has 3 heteroatoms. The van der Waals surface area contributed by atoms with E-state index in [1.165, 1.54) is 16.0 Å². The van der Waals surface area contributed by atoms with E-state index >= 15 is 0 Å². The number of ether oxygens (including phenoxy) is 1. The monoisotopic (exact) mass is 219 g/mol. The number of hydrogen-bond acceptors (Lipinski definition) is 3. The van der Waals surface area contributed by atoms with Gasteiger partial charge in [0.2, 0.25) is 0 Å². The van der Waals surface area contributed by atoms with Crippen LogP contribution in [0.3, 0.4) is 0 Å². The van der Waals surface area contributed by atoms with Crippen LogP contribution >= 0.6 is 11.3 Å². The second-order valence-electron chi connectivity index (χ2n) is 3.46. The molecule has 0 saturated heterocycles. The van der Waals surface area contributed by atoms with Crippen molar-refractivity contribution >= 4 is 11.3 Å². The van der Waals surface area contributed by atoms with Gasteiger partial charge in [-0.15, -0.1) is 11.3 Å². The fraction of sp³-hybridized carbons (Fsp3) is 0.250. The number of thiazole rings is 1. The molecule has 0 atom stereocenters. The van der Waals surface area contributed by atoms with Crippen LogP contribution < -0.4 is 4.74 Å². The average Bonchev–Trinajstić information content (AvgIpc) is 2.71. The van der Waals surface area contributed by atoms with Crippen molar-refractivity contribution in [1.82, 2.24) is 4.98 Å². The quantitative estimate of drug-likeness (QED) is 0.791. The van der Waals surface area contributed by atoms with Gasteiger partial charge < -0.3 is 4.74 Å². The van der Waals surface area contributed by atoms with Crippen molar-refractivity contribution in [2.45, 2.75) is 13.3 Å². The zero-order valence-corrected chi connectivity index (χ0v) is 9.67. The molecular formula is C12H13NOS. The van der Waals surface area contributed by atoms with Crippen molar-refractivity contribution in [3.63, 3.8) is 0 Å². The van der Waals surface area contributed by atoms with Crippen LogP contribution in [0.4, 0.5) is 0 Å². The highest BCUT2D eigenvalue weighted by atomic mass is 32.1. The lowest BCUT2D eigenvalue weighted by Gasteiger charge is -2.07. The number of nitrogens with zero attached hydrogens (tertiary/aromatic N) is 1. The third-order valence-corrected chi connectivity index (χ3v) is 3.06. The van der Waals surface area contributed by atoms with Gasteiger partial charge in [0, 0.05) is 17.5 Å². The first kappa shape index (κ1) is 10.2. The minimum absolute atomic E-state index is 0.898. The lowest BCUT2D eigenvalue weighted by molar-refractivity contribution is 0.410. The Morgan fingerprint density at radius 2 is 2.27 bits per heavy atom. The van der Waals surface area contributed by atoms with E-state index in [9.17, 15) is 0 Å². The molecular weight excluding hydrogens is 206 g/mol. The van der Waals surface area contributed by atoms with E-state index in [2.05, 4.69) is 24.0 Å². The van der Waals surface area contributed by atoms with Crippen LogP contribution in [0.5, 0.6) is 5.75 Å². The first-order valence-corrected chi connectivity index (χ1v) is 5.68. The first-order valence-electron chi connectivity index (χ1n) is 4.80. The second-order valence-corrected chi connectivity index (χ2v) is 4.43. The molecule has 0 unspecified atom stereocenters. The maximum absolute atomic E-state index is 5.33. The summed E-state index contributed by atoms with van der Waals surface area (Å²) in [4.78, 5) is 5.34. The molecule has 0 aliphatic heterocycles. The van der Waals surface area contributed by atoms with E-state index in [0.717, 1.165) is 12.2 Å². The Labute approximate surface area is 93.6 Å². The second kappa shape index (κ2) is 4.45. The smallest absolute Gasteiger partial charge is 0.122 e. The SMILES string of the molecule is COc1ccc(C)cc1Cc1cncs1. The predicted molar refractivity (Wildman–Crippen MR) is 62.7 cm³/mol. The summed E-state index contributed by atoms with van der Waals surface area (Å²) in [5.41, 5.74) is 4.34. The molecule has 0 aliphatic carbocycles. The molecule has 0 bridgehead atoms. The number of aromatic nitrogens is 1. The number of hydrogen-bond donors (Lipinski definition) is 0. The summed E-state index contributed by atoms with van der Waals surface area (Å²) < 4.78 is 5.33. The van der Waals surface area contributed by atoms with Crippen molar-refractivity contribution < 1.29 is 4.74 Å². The maximum Gasteiger partial charge on any atom is 0.122 e. The Morgan fingerprint density at radius 1 is 1.40 bits per heavy atom. The van der Waals surface area contributed by atoms with Gasteiger partial charge in [-0.05, 0) is 18.6 Å². The molecule has 0 amide bonds. The van der Waals surface area contributed by atoms with Crippen LogP contribution in [0, 0.1) is 6.92 Å². The van der Waals surface area contributed by atoms with E-state index in [1.54, 1.807) is 18.4 Å². The van der Waals surface area contributed by atoms with E-state index in [4.69, 9.17) is 4.74 Å². The Kier molecular flexibility index (Phi) is 3.02. The molecule has 78 valence electrons. The molecule has 2 rings (SSSR count). The Bertz CT molecular complexity index is 437. The van der Waals surface area contributed by atoms with Gasteiger partial charge in [0.25, 0.3) is 0 Å². The van der Waals surface area contributed by atoms with E-state index in [-0.39, 0.29) is 0 Å². The van der Waals surface area contributed by atoms with E-state index in [1.807, 2.05) is 17.8 Å². The molecule has 1 aromatic carbocycles. The molecule has 0 saturated carbocycles. The van der Waals surface area contributed by atoms with Gasteiger partial charge in [0.15, 0.2) is 0 Å². The molecule has 15 heavy (non-hydrogen) atoms. The average molecular weight is 219 g/mol. The van der Waals surface area contributed by atoms with Crippen LogP contribution in [0.25, 0.3) is 0 Å². The van der Waals surface area contributed by atoms with Crippen LogP contribution in [0.2, 0.25) is 0 Å². The normalized spacial score (nSPS) is 10.3. The van der Waals surface area contributed by atoms with Gasteiger partial charge in [-0.3, -0.25) is 4.98 Å². The topological polar surface area (TPSA) is 22.1 Å². The molecule has 0 fully saturated rings. The third-order valence-electron chi connectivity index (χ3n) is 2.28. The largest absolute Gasteiger partial charge is 0.496 e. The summed E-state index contributed by atoms with van der Waals surface area (Å²) >= 11 is 1.68. The zero-order chi connectivity index (χ0) is 10.7. The lowest BCUT2D eigenvalue weighted by Crippen LogP contribution is -1.93. The first-order chi connectivity index (χ1) is 7.29. The molecule has 0 spiro atoms. The van der Waals surface area contributed by atoms with Crippen LogP contribution in [-0.4, -0.2) is 12.1 Å². The highest BCUT2D eigenvalue weighted by Crippen LogP contribution is 2.23. The number of rotatable bonds is 3. The van der Waals surface area contributed by atoms with Crippen LogP contribution in [-0.2, 0) is 6.42 Å². The molecule has 0 aliphatic rings. The van der Waals surface area contributed by atoms with E-state index in [0.29, 0.717) is 0 Å². The number of methoxy groups -OCH3 is 1. The van der Waals surface area contributed by atoms with Gasteiger partial charge in [-0.1, -0.05) is 17.7 Å². The van der Waals surface area contributed by atoms with Crippen molar-refractivity contribution in [1.29, 1.82) is 0 Å². The molecule has 1 heterocycles. The molecule has 0 N–H and O–H groups in total.